The Morgan fingerprint density at radius 2 is 0.600 bits per heavy atom. The van der Waals surface area contributed by atoms with Gasteiger partial charge in [-0.05, 0) is 0 Å². The molecule has 3 fully saturated rings. The summed E-state index contributed by atoms with van der Waals surface area (Å²) in [5, 5.41) is 6.95. The molecule has 0 aromatic heterocycles. The van der Waals surface area contributed by atoms with Crippen molar-refractivity contribution in [3.05, 3.63) is 121 Å². The third-order valence-electron chi connectivity index (χ3n) is 12.3. The molecule has 0 radical (unpaired) electrons. The Morgan fingerprint density at radius 1 is 0.325 bits per heavy atom. The van der Waals surface area contributed by atoms with Gasteiger partial charge in [-0.25, -0.2) is 0 Å². The number of benzene rings is 4. The molecule has 4 aromatic rings. The fourth-order valence-corrected chi connectivity index (χ4v) is 35.1. The van der Waals surface area contributed by atoms with Gasteiger partial charge >= 0.3 is 243 Å². The van der Waals surface area contributed by atoms with Crippen molar-refractivity contribution in [3.8, 4) is 0 Å². The summed E-state index contributed by atoms with van der Waals surface area (Å²) in [4.78, 5) is 0.299. The Kier molecular flexibility index (Phi) is 6.61. The normalized spacial score (nSPS) is 26.0. The van der Waals surface area contributed by atoms with Crippen LogP contribution in [0.15, 0.2) is 121 Å². The maximum absolute atomic E-state index is 2.74. The van der Waals surface area contributed by atoms with Gasteiger partial charge in [-0.1, -0.05) is 0 Å². The van der Waals surface area contributed by atoms with Gasteiger partial charge in [0.1, 0.15) is 0 Å². The third-order valence-corrected chi connectivity index (χ3v) is 31.5. The molecule has 0 amide bonds. The Labute approximate surface area is 242 Å². The van der Waals surface area contributed by atoms with Gasteiger partial charge in [0.05, 0.1) is 0 Å². The topological polar surface area (TPSA) is 0 Å². The van der Waals surface area contributed by atoms with E-state index in [1.807, 2.05) is 0 Å². The molecule has 0 N–H and O–H groups in total. The van der Waals surface area contributed by atoms with Crippen molar-refractivity contribution in [3.63, 3.8) is 0 Å². The van der Waals surface area contributed by atoms with Gasteiger partial charge in [-0.15, -0.1) is 0 Å². The van der Waals surface area contributed by atoms with Crippen LogP contribution < -0.4 is 21.2 Å². The van der Waals surface area contributed by atoms with Crippen LogP contribution in [0, 0.1) is 0 Å². The minimum atomic E-state index is -2.74. The zero-order chi connectivity index (χ0) is 27.0. The summed E-state index contributed by atoms with van der Waals surface area (Å²) in [6.07, 6.45) is 18.1. The van der Waals surface area contributed by atoms with Crippen LogP contribution in [0.4, 0.5) is 0 Å². The average molecular weight is 565 g/mol. The van der Waals surface area contributed by atoms with Crippen molar-refractivity contribution < 1.29 is 0 Å². The van der Waals surface area contributed by atoms with Crippen LogP contribution in [0.1, 0.15) is 57.8 Å². The number of rotatable bonds is 6. The van der Waals surface area contributed by atoms with E-state index < -0.39 is 13.2 Å². The molecule has 7 rings (SSSR count). The fourth-order valence-electron chi connectivity index (χ4n) is 11.1. The first-order chi connectivity index (χ1) is 19.7. The summed E-state index contributed by atoms with van der Waals surface area (Å²) in [5.41, 5.74) is 0. The molecule has 4 aromatic carbocycles. The number of hydrogen-bond donors (Lipinski definition) is 0. The molecule has 2 heteroatoms. The van der Waals surface area contributed by atoms with Crippen LogP contribution in [0.2, 0.25) is 0 Å². The van der Waals surface area contributed by atoms with E-state index >= 15 is 0 Å². The van der Waals surface area contributed by atoms with Crippen LogP contribution in [0.3, 0.4) is 0 Å². The standard InChI is InChI=1S/C38H46P2/c1-6-20-34(21-7-1)39(30-16-17-31-39,35-22-8-2-9-23-35)38(28-14-5-15-29-38)40(32-18-19-33-40,36-24-10-3-11-25-36)37-26-12-4-13-27-37/h1-4,6-13,20-27H,5,14-19,28-33H2. The summed E-state index contributed by atoms with van der Waals surface area (Å²) in [6, 6.07) is 48.9. The molecule has 0 bridgehead atoms. The van der Waals surface area contributed by atoms with Crippen molar-refractivity contribution in [1.29, 1.82) is 0 Å². The van der Waals surface area contributed by atoms with Gasteiger partial charge in [-0.3, -0.25) is 0 Å². The fraction of sp³-hybridized carbons (Fsp3) is 0.368. The minimum absolute atomic E-state index is 0.299. The zero-order valence-electron chi connectivity index (χ0n) is 24.1. The predicted octanol–water partition coefficient (Wildman–Crippen LogP) is 8.64. The molecule has 1 aliphatic carbocycles. The van der Waals surface area contributed by atoms with E-state index in [2.05, 4.69) is 121 Å². The molecule has 0 nitrogen and oxygen atoms in total. The van der Waals surface area contributed by atoms with Crippen LogP contribution in [0.25, 0.3) is 0 Å². The van der Waals surface area contributed by atoms with Gasteiger partial charge in [0.25, 0.3) is 0 Å². The first kappa shape index (κ1) is 26.6. The first-order valence-corrected chi connectivity index (χ1v) is 21.2. The van der Waals surface area contributed by atoms with E-state index in [0.29, 0.717) is 4.90 Å². The van der Waals surface area contributed by atoms with E-state index in [4.69, 9.17) is 0 Å². The van der Waals surface area contributed by atoms with E-state index in [-0.39, 0.29) is 0 Å². The molecular formula is C38H46P2. The van der Waals surface area contributed by atoms with Crippen molar-refractivity contribution >= 4 is 34.4 Å². The Balaban J connectivity index is 1.74. The monoisotopic (exact) mass is 564 g/mol. The molecule has 3 aliphatic rings. The van der Waals surface area contributed by atoms with Gasteiger partial charge in [0, 0.05) is 0 Å². The van der Waals surface area contributed by atoms with Gasteiger partial charge in [0.2, 0.25) is 0 Å². The maximum atomic E-state index is 2.60. The summed E-state index contributed by atoms with van der Waals surface area (Å²) in [6.45, 7) is -5.49. The van der Waals surface area contributed by atoms with Crippen LogP contribution in [0.5, 0.6) is 0 Å². The Morgan fingerprint density at radius 3 is 0.875 bits per heavy atom. The van der Waals surface area contributed by atoms with E-state index in [1.165, 1.54) is 82.4 Å². The summed E-state index contributed by atoms with van der Waals surface area (Å²) in [5.74, 6) is 0. The quantitative estimate of drug-likeness (QED) is 0.206. The molecule has 40 heavy (non-hydrogen) atoms. The van der Waals surface area contributed by atoms with Crippen molar-refractivity contribution in [2.45, 2.75) is 62.7 Å². The van der Waals surface area contributed by atoms with Gasteiger partial charge in [0.15, 0.2) is 0 Å². The SMILES string of the molecule is c1ccc(P2(c3ccccc3)(C3(P4(c5ccccc5)(c5ccccc5)CCCC4)CCCCC3)CCCC2)cc1. The molecule has 0 atom stereocenters. The molecule has 208 valence electrons. The van der Waals surface area contributed by atoms with Gasteiger partial charge in [-0.2, -0.15) is 0 Å². The zero-order valence-corrected chi connectivity index (χ0v) is 25.9. The summed E-state index contributed by atoms with van der Waals surface area (Å²) < 4.78 is 0. The second kappa shape index (κ2) is 9.93. The number of hydrogen-bond acceptors (Lipinski definition) is 0. The van der Waals surface area contributed by atoms with E-state index in [9.17, 15) is 0 Å². The summed E-state index contributed by atoms with van der Waals surface area (Å²) in [7, 11) is 0. The average Bonchev–Trinajstić information content (AvgIpc) is 3.73. The molecule has 1 saturated carbocycles. The third kappa shape index (κ3) is 3.11. The van der Waals surface area contributed by atoms with Crippen LogP contribution in [-0.2, 0) is 0 Å². The van der Waals surface area contributed by atoms with E-state index in [0.717, 1.165) is 0 Å². The molecule has 2 aliphatic heterocycles. The molecule has 2 heterocycles. The first-order valence-electron chi connectivity index (χ1n) is 16.0. The molecular weight excluding hydrogens is 518 g/mol. The van der Waals surface area contributed by atoms with Gasteiger partial charge < -0.3 is 0 Å². The van der Waals surface area contributed by atoms with Crippen molar-refractivity contribution in [2.75, 3.05) is 24.6 Å². The molecule has 0 unspecified atom stereocenters. The van der Waals surface area contributed by atoms with E-state index in [1.54, 1.807) is 21.2 Å². The van der Waals surface area contributed by atoms with Crippen LogP contribution >= 0.6 is 13.2 Å². The Bertz CT molecular complexity index is 1230. The second-order valence-electron chi connectivity index (χ2n) is 13.2. The van der Waals surface area contributed by atoms with Crippen LogP contribution in [-0.4, -0.2) is 29.5 Å². The predicted molar refractivity (Wildman–Crippen MR) is 182 cm³/mol. The van der Waals surface area contributed by atoms with Crippen molar-refractivity contribution in [1.82, 2.24) is 0 Å². The second-order valence-corrected chi connectivity index (χ2v) is 25.2. The summed E-state index contributed by atoms with van der Waals surface area (Å²) >= 11 is 0. The molecule has 2 saturated heterocycles. The Hall–Kier alpha value is -2.26. The van der Waals surface area contributed by atoms with Crippen molar-refractivity contribution in [2.24, 2.45) is 0 Å². The molecule has 0 spiro atoms.